The minimum Gasteiger partial charge on any atom is -0.481 e. The summed E-state index contributed by atoms with van der Waals surface area (Å²) >= 11 is 20.5. The van der Waals surface area contributed by atoms with E-state index in [0.717, 1.165) is 39.0 Å². The molecule has 184 valence electrons. The number of hydrogen-bond donors (Lipinski definition) is 0. The predicted molar refractivity (Wildman–Crippen MR) is 157 cm³/mol. The van der Waals surface area contributed by atoms with Crippen LogP contribution in [0.3, 0.4) is 0 Å². The Hall–Kier alpha value is -3.57. The molecule has 3 heterocycles. The van der Waals surface area contributed by atoms with Crippen molar-refractivity contribution in [2.24, 2.45) is 7.05 Å². The number of ether oxygens (including phenoxy) is 1. The Balaban J connectivity index is 1.63. The van der Waals surface area contributed by atoms with Crippen LogP contribution >= 0.6 is 34.8 Å². The van der Waals surface area contributed by atoms with Crippen molar-refractivity contribution < 1.29 is 4.74 Å². The maximum Gasteiger partial charge on any atom is 0.220 e. The number of nitrogens with zero attached hydrogens (tertiary/aromatic N) is 3. The van der Waals surface area contributed by atoms with Crippen molar-refractivity contribution in [1.29, 1.82) is 0 Å². The van der Waals surface area contributed by atoms with Crippen molar-refractivity contribution in [3.05, 3.63) is 100 Å². The van der Waals surface area contributed by atoms with Gasteiger partial charge in [0.2, 0.25) is 5.88 Å². The minimum absolute atomic E-state index is 0.481. The summed E-state index contributed by atoms with van der Waals surface area (Å²) in [5.41, 5.74) is 7.74. The minimum atomic E-state index is 0.481. The third kappa shape index (κ3) is 4.21. The maximum atomic E-state index is 6.99. The normalized spacial score (nSPS) is 11.1. The van der Waals surface area contributed by atoms with Crippen LogP contribution in [0.15, 0.2) is 73.8 Å². The molecule has 0 unspecified atom stereocenters. The molecule has 3 aromatic heterocycles. The van der Waals surface area contributed by atoms with Crippen molar-refractivity contribution in [3.63, 3.8) is 0 Å². The molecular formula is C30H22Cl3N3O. The highest BCUT2D eigenvalue weighted by molar-refractivity contribution is 6.39. The molecule has 0 amide bonds. The van der Waals surface area contributed by atoms with Crippen molar-refractivity contribution >= 4 is 58.0 Å². The van der Waals surface area contributed by atoms with E-state index in [0.29, 0.717) is 37.9 Å². The Morgan fingerprint density at radius 3 is 1.86 bits per heavy atom. The molecule has 5 aromatic rings. The largest absolute Gasteiger partial charge is 0.481 e. The lowest BCUT2D eigenvalue weighted by Crippen LogP contribution is -1.95. The van der Waals surface area contributed by atoms with E-state index in [4.69, 9.17) is 44.5 Å². The van der Waals surface area contributed by atoms with Gasteiger partial charge >= 0.3 is 0 Å². The van der Waals surface area contributed by atoms with Crippen molar-refractivity contribution in [2.45, 2.75) is 0 Å². The first kappa shape index (κ1) is 25.1. The van der Waals surface area contributed by atoms with E-state index in [9.17, 15) is 0 Å². The van der Waals surface area contributed by atoms with Crippen LogP contribution in [-0.4, -0.2) is 21.6 Å². The molecule has 0 saturated heterocycles. The number of halogens is 3. The van der Waals surface area contributed by atoms with Gasteiger partial charge in [0.15, 0.2) is 0 Å². The smallest absolute Gasteiger partial charge is 0.220 e. The van der Waals surface area contributed by atoms with Crippen molar-refractivity contribution in [1.82, 2.24) is 14.5 Å². The summed E-state index contributed by atoms with van der Waals surface area (Å²) in [7, 11) is 3.51. The fraction of sp³-hybridized carbons (Fsp3) is 0.0667. The Morgan fingerprint density at radius 1 is 0.730 bits per heavy atom. The molecule has 0 N–H and O–H groups in total. The fourth-order valence-electron chi connectivity index (χ4n) is 4.45. The molecule has 0 atom stereocenters. The van der Waals surface area contributed by atoms with E-state index in [1.54, 1.807) is 19.3 Å². The van der Waals surface area contributed by atoms with E-state index < -0.39 is 0 Å². The van der Waals surface area contributed by atoms with Crippen LogP contribution in [0.1, 0.15) is 11.3 Å². The van der Waals surface area contributed by atoms with E-state index in [-0.39, 0.29) is 0 Å². The Morgan fingerprint density at radius 2 is 1.30 bits per heavy atom. The quantitative estimate of drug-likeness (QED) is 0.213. The molecule has 0 radical (unpaired) electrons. The van der Waals surface area contributed by atoms with E-state index in [1.807, 2.05) is 72.3 Å². The lowest BCUT2D eigenvalue weighted by Gasteiger charge is -2.14. The number of rotatable bonds is 6. The molecule has 0 fully saturated rings. The summed E-state index contributed by atoms with van der Waals surface area (Å²) in [6.45, 7) is 7.67. The van der Waals surface area contributed by atoms with Gasteiger partial charge in [0.05, 0.1) is 44.8 Å². The molecule has 0 aliphatic rings. The van der Waals surface area contributed by atoms with E-state index >= 15 is 0 Å². The monoisotopic (exact) mass is 545 g/mol. The first-order valence-electron chi connectivity index (χ1n) is 11.4. The lowest BCUT2D eigenvalue weighted by molar-refractivity contribution is 0.397. The lowest BCUT2D eigenvalue weighted by atomic mass is 9.98. The summed E-state index contributed by atoms with van der Waals surface area (Å²) in [4.78, 5) is 9.47. The molecule has 2 aromatic carbocycles. The standard InChI is InChI=1S/C30H22Cl3N3O/c1-5-17-13-14-23(35-30(17)37-4)21-12-8-10-19(27(21)32)18-9-7-11-20(26(18)31)22-15-16-25-29(34-22)28(33)24(6-2)36(25)3/h5-16H,1-2H2,3-4H3. The zero-order valence-electron chi connectivity index (χ0n) is 20.2. The van der Waals surface area contributed by atoms with Crippen LogP contribution in [0.5, 0.6) is 5.88 Å². The van der Waals surface area contributed by atoms with E-state index in [2.05, 4.69) is 18.1 Å². The topological polar surface area (TPSA) is 39.9 Å². The Labute approximate surface area is 230 Å². The number of aromatic nitrogens is 3. The molecule has 0 spiro atoms. The molecule has 0 aliphatic heterocycles. The number of benzene rings is 2. The van der Waals surface area contributed by atoms with Crippen LogP contribution in [0, 0.1) is 0 Å². The molecule has 4 nitrogen and oxygen atoms in total. The zero-order valence-corrected chi connectivity index (χ0v) is 22.5. The molecular weight excluding hydrogens is 525 g/mol. The fourth-order valence-corrected chi connectivity index (χ4v) is 5.45. The first-order valence-corrected chi connectivity index (χ1v) is 12.6. The molecule has 0 saturated carbocycles. The summed E-state index contributed by atoms with van der Waals surface area (Å²) in [6.07, 6.45) is 3.42. The van der Waals surface area contributed by atoms with E-state index in [1.165, 1.54) is 0 Å². The van der Waals surface area contributed by atoms with Crippen LogP contribution in [0.2, 0.25) is 15.1 Å². The van der Waals surface area contributed by atoms with Gasteiger partial charge in [0.1, 0.15) is 5.52 Å². The van der Waals surface area contributed by atoms with Crippen molar-refractivity contribution in [2.75, 3.05) is 7.11 Å². The van der Waals surface area contributed by atoms with Crippen LogP contribution < -0.4 is 4.74 Å². The SMILES string of the molecule is C=Cc1ccc(-c2cccc(-c3cccc(-c4ccc5c(n4)c(Cl)c(C=C)n5C)c3Cl)c2Cl)nc1OC. The predicted octanol–water partition coefficient (Wildman–Crippen LogP) is 9.22. The number of pyridine rings is 2. The third-order valence-corrected chi connectivity index (χ3v) is 7.55. The molecule has 0 bridgehead atoms. The maximum absolute atomic E-state index is 6.99. The third-order valence-electron chi connectivity index (χ3n) is 6.37. The average molecular weight is 547 g/mol. The highest BCUT2D eigenvalue weighted by Crippen LogP contribution is 2.42. The van der Waals surface area contributed by atoms with Crippen LogP contribution in [0.4, 0.5) is 0 Å². The highest BCUT2D eigenvalue weighted by Gasteiger charge is 2.19. The summed E-state index contributed by atoms with van der Waals surface area (Å²) in [6, 6.07) is 19.3. The Bertz CT molecular complexity index is 1700. The van der Waals surface area contributed by atoms with Gasteiger partial charge in [-0.25, -0.2) is 9.97 Å². The van der Waals surface area contributed by atoms with Crippen molar-refractivity contribution in [3.8, 4) is 39.5 Å². The molecule has 0 aliphatic carbocycles. The van der Waals surface area contributed by atoms with Crippen LogP contribution in [-0.2, 0) is 7.05 Å². The van der Waals surface area contributed by atoms with Gasteiger partial charge in [-0.15, -0.1) is 0 Å². The Kier molecular flexibility index (Phi) is 6.82. The second kappa shape index (κ2) is 10.1. The first-order chi connectivity index (χ1) is 17.9. The second-order valence-corrected chi connectivity index (χ2v) is 9.49. The zero-order chi connectivity index (χ0) is 26.3. The van der Waals surface area contributed by atoms with Gasteiger partial charge < -0.3 is 9.30 Å². The molecule has 37 heavy (non-hydrogen) atoms. The average Bonchev–Trinajstić information content (AvgIpc) is 3.17. The summed E-state index contributed by atoms with van der Waals surface area (Å²) in [5, 5.41) is 1.63. The number of aryl methyl sites for hydroxylation is 1. The summed E-state index contributed by atoms with van der Waals surface area (Å²) < 4.78 is 7.39. The number of methoxy groups -OCH3 is 1. The molecule has 7 heteroatoms. The van der Waals surface area contributed by atoms with Gasteiger partial charge in [0.25, 0.3) is 0 Å². The van der Waals surface area contributed by atoms with Crippen LogP contribution in [0.25, 0.3) is 56.8 Å². The van der Waals surface area contributed by atoms with Gasteiger partial charge in [-0.05, 0) is 30.3 Å². The van der Waals surface area contributed by atoms with Gasteiger partial charge in [0, 0.05) is 34.9 Å². The molecule has 5 rings (SSSR count). The van der Waals surface area contributed by atoms with Gasteiger partial charge in [-0.1, -0.05) is 90.4 Å². The van der Waals surface area contributed by atoms with Gasteiger partial charge in [-0.2, -0.15) is 0 Å². The second-order valence-electron chi connectivity index (χ2n) is 8.36. The highest BCUT2D eigenvalue weighted by atomic mass is 35.5. The number of hydrogen-bond acceptors (Lipinski definition) is 3. The van der Waals surface area contributed by atoms with Gasteiger partial charge in [-0.3, -0.25) is 0 Å². The number of fused-ring (bicyclic) bond motifs is 1. The summed E-state index contributed by atoms with van der Waals surface area (Å²) in [5.74, 6) is 0.481.